The minimum Gasteiger partial charge on any atom is -0.340 e. The van der Waals surface area contributed by atoms with Crippen LogP contribution in [0.15, 0.2) is 0 Å². The first kappa shape index (κ1) is 15.2. The van der Waals surface area contributed by atoms with Crippen LogP contribution in [0.3, 0.4) is 0 Å². The SMILES string of the molecule is CC(N)C(C)C(=O)N1CCN(CC(F)(F)F)CC1. The van der Waals surface area contributed by atoms with Crippen molar-refractivity contribution in [1.29, 1.82) is 0 Å². The van der Waals surface area contributed by atoms with Gasteiger partial charge in [0.05, 0.1) is 12.5 Å². The highest BCUT2D eigenvalue weighted by atomic mass is 19.4. The summed E-state index contributed by atoms with van der Waals surface area (Å²) in [6, 6.07) is -0.245. The van der Waals surface area contributed by atoms with E-state index in [-0.39, 0.29) is 31.0 Å². The van der Waals surface area contributed by atoms with Crippen molar-refractivity contribution in [3.8, 4) is 0 Å². The van der Waals surface area contributed by atoms with Crippen molar-refractivity contribution in [2.75, 3.05) is 32.7 Å². The molecule has 1 heterocycles. The molecular formula is C11H20F3N3O. The van der Waals surface area contributed by atoms with Gasteiger partial charge in [-0.2, -0.15) is 13.2 Å². The van der Waals surface area contributed by atoms with E-state index in [0.717, 1.165) is 0 Å². The Bertz CT molecular complexity index is 286. The smallest absolute Gasteiger partial charge is 0.340 e. The van der Waals surface area contributed by atoms with Gasteiger partial charge in [-0.1, -0.05) is 6.92 Å². The first-order valence-electron chi connectivity index (χ1n) is 6.04. The van der Waals surface area contributed by atoms with Gasteiger partial charge in [0.15, 0.2) is 0 Å². The van der Waals surface area contributed by atoms with Gasteiger partial charge in [-0.05, 0) is 6.92 Å². The van der Waals surface area contributed by atoms with E-state index in [0.29, 0.717) is 13.1 Å². The van der Waals surface area contributed by atoms with E-state index >= 15 is 0 Å². The topological polar surface area (TPSA) is 49.6 Å². The van der Waals surface area contributed by atoms with Crippen molar-refractivity contribution in [2.45, 2.75) is 26.1 Å². The molecule has 0 radical (unpaired) electrons. The molecule has 2 atom stereocenters. The van der Waals surface area contributed by atoms with Gasteiger partial charge < -0.3 is 10.6 Å². The third-order valence-corrected chi connectivity index (χ3v) is 3.27. The molecule has 0 saturated carbocycles. The molecule has 0 spiro atoms. The lowest BCUT2D eigenvalue weighted by atomic mass is 10.0. The van der Waals surface area contributed by atoms with Crippen LogP contribution in [0.4, 0.5) is 13.2 Å². The van der Waals surface area contributed by atoms with Crippen molar-refractivity contribution >= 4 is 5.91 Å². The molecule has 1 rings (SSSR count). The molecule has 0 aromatic rings. The third-order valence-electron chi connectivity index (χ3n) is 3.27. The molecular weight excluding hydrogens is 247 g/mol. The fourth-order valence-electron chi connectivity index (χ4n) is 1.89. The zero-order valence-corrected chi connectivity index (χ0v) is 10.7. The van der Waals surface area contributed by atoms with Gasteiger partial charge in [0, 0.05) is 32.2 Å². The lowest BCUT2D eigenvalue weighted by molar-refractivity contribution is -0.152. The molecule has 0 aliphatic carbocycles. The summed E-state index contributed by atoms with van der Waals surface area (Å²) in [4.78, 5) is 14.9. The van der Waals surface area contributed by atoms with Crippen molar-refractivity contribution < 1.29 is 18.0 Å². The van der Waals surface area contributed by atoms with E-state index in [2.05, 4.69) is 0 Å². The highest BCUT2D eigenvalue weighted by molar-refractivity contribution is 5.79. The van der Waals surface area contributed by atoms with Crippen LogP contribution in [0.25, 0.3) is 0 Å². The molecule has 106 valence electrons. The van der Waals surface area contributed by atoms with Crippen molar-refractivity contribution in [2.24, 2.45) is 11.7 Å². The highest BCUT2D eigenvalue weighted by Crippen LogP contribution is 2.18. The average Bonchev–Trinajstić information content (AvgIpc) is 2.26. The van der Waals surface area contributed by atoms with Crippen LogP contribution in [0.5, 0.6) is 0 Å². The summed E-state index contributed by atoms with van der Waals surface area (Å²) in [5, 5.41) is 0. The minimum absolute atomic E-state index is 0.0725. The molecule has 0 aromatic heterocycles. The summed E-state index contributed by atoms with van der Waals surface area (Å²) in [5.41, 5.74) is 5.65. The first-order chi connectivity index (χ1) is 8.20. The van der Waals surface area contributed by atoms with Crippen molar-refractivity contribution in [3.05, 3.63) is 0 Å². The summed E-state index contributed by atoms with van der Waals surface area (Å²) in [5.74, 6) is -0.365. The number of nitrogens with two attached hydrogens (primary N) is 1. The lowest BCUT2D eigenvalue weighted by Gasteiger charge is -2.36. The maximum Gasteiger partial charge on any atom is 0.401 e. The Balaban J connectivity index is 2.42. The summed E-state index contributed by atoms with van der Waals surface area (Å²) in [6.07, 6.45) is -4.18. The number of nitrogens with zero attached hydrogens (tertiary/aromatic N) is 2. The molecule has 2 unspecified atom stereocenters. The molecule has 1 saturated heterocycles. The summed E-state index contributed by atoms with van der Waals surface area (Å²) in [7, 11) is 0. The third kappa shape index (κ3) is 4.45. The molecule has 0 aromatic carbocycles. The second-order valence-corrected chi connectivity index (χ2v) is 4.86. The Morgan fingerprint density at radius 2 is 1.72 bits per heavy atom. The Hall–Kier alpha value is -0.820. The number of carbonyl (C=O) groups excluding carboxylic acids is 1. The minimum atomic E-state index is -4.18. The molecule has 2 N–H and O–H groups in total. The number of hydrogen-bond acceptors (Lipinski definition) is 3. The number of piperazine rings is 1. The van der Waals surface area contributed by atoms with Crippen molar-refractivity contribution in [1.82, 2.24) is 9.80 Å². The molecule has 4 nitrogen and oxygen atoms in total. The quantitative estimate of drug-likeness (QED) is 0.818. The zero-order chi connectivity index (χ0) is 13.9. The number of carbonyl (C=O) groups is 1. The monoisotopic (exact) mass is 267 g/mol. The van der Waals surface area contributed by atoms with Crippen LogP contribution in [0.1, 0.15) is 13.8 Å². The normalized spacial score (nSPS) is 21.8. The fourth-order valence-corrected chi connectivity index (χ4v) is 1.89. The number of hydrogen-bond donors (Lipinski definition) is 1. The Morgan fingerprint density at radius 1 is 1.22 bits per heavy atom. The standard InChI is InChI=1S/C11H20F3N3O/c1-8(9(2)15)10(18)17-5-3-16(4-6-17)7-11(12,13)14/h8-9H,3-7,15H2,1-2H3. The van der Waals surface area contributed by atoms with Gasteiger partial charge in [-0.25, -0.2) is 0 Å². The molecule has 1 aliphatic rings. The summed E-state index contributed by atoms with van der Waals surface area (Å²) < 4.78 is 36.6. The van der Waals surface area contributed by atoms with E-state index in [1.807, 2.05) is 0 Å². The predicted octanol–water partition coefficient (Wildman–Crippen LogP) is 0.676. The molecule has 1 aliphatic heterocycles. The Labute approximate surface area is 105 Å². The van der Waals surface area contributed by atoms with Gasteiger partial charge in [0.1, 0.15) is 0 Å². The number of amides is 1. The van der Waals surface area contributed by atoms with Crippen LogP contribution in [-0.4, -0.2) is 60.6 Å². The molecule has 1 amide bonds. The largest absolute Gasteiger partial charge is 0.401 e. The average molecular weight is 267 g/mol. The Kier molecular flexibility index (Phi) is 4.98. The van der Waals surface area contributed by atoms with Crippen LogP contribution >= 0.6 is 0 Å². The molecule has 7 heteroatoms. The maximum atomic E-state index is 12.2. The van der Waals surface area contributed by atoms with Crippen LogP contribution in [0.2, 0.25) is 0 Å². The van der Waals surface area contributed by atoms with E-state index in [1.54, 1.807) is 18.7 Å². The summed E-state index contributed by atoms with van der Waals surface area (Å²) >= 11 is 0. The molecule has 18 heavy (non-hydrogen) atoms. The van der Waals surface area contributed by atoms with Gasteiger partial charge in [-0.15, -0.1) is 0 Å². The number of halogens is 3. The van der Waals surface area contributed by atoms with Crippen molar-refractivity contribution in [3.63, 3.8) is 0 Å². The van der Waals surface area contributed by atoms with Gasteiger partial charge >= 0.3 is 6.18 Å². The first-order valence-corrected chi connectivity index (χ1v) is 6.04. The number of rotatable bonds is 3. The zero-order valence-electron chi connectivity index (χ0n) is 10.7. The highest BCUT2D eigenvalue weighted by Gasteiger charge is 2.33. The van der Waals surface area contributed by atoms with E-state index in [4.69, 9.17) is 5.73 Å². The van der Waals surface area contributed by atoms with E-state index < -0.39 is 12.7 Å². The maximum absolute atomic E-state index is 12.2. The molecule has 1 fully saturated rings. The van der Waals surface area contributed by atoms with Crippen LogP contribution in [0, 0.1) is 5.92 Å². The summed E-state index contributed by atoms with van der Waals surface area (Å²) in [6.45, 7) is 3.79. The second-order valence-electron chi connectivity index (χ2n) is 4.86. The number of alkyl halides is 3. The van der Waals surface area contributed by atoms with E-state index in [1.165, 1.54) is 4.90 Å². The van der Waals surface area contributed by atoms with Crippen LogP contribution in [-0.2, 0) is 4.79 Å². The lowest BCUT2D eigenvalue weighted by Crippen LogP contribution is -2.53. The van der Waals surface area contributed by atoms with E-state index in [9.17, 15) is 18.0 Å². The second kappa shape index (κ2) is 5.88. The van der Waals surface area contributed by atoms with Gasteiger partial charge in [0.25, 0.3) is 0 Å². The van der Waals surface area contributed by atoms with Crippen LogP contribution < -0.4 is 5.73 Å². The molecule has 0 bridgehead atoms. The predicted molar refractivity (Wildman–Crippen MR) is 61.9 cm³/mol. The Morgan fingerprint density at radius 3 is 2.11 bits per heavy atom. The van der Waals surface area contributed by atoms with Gasteiger partial charge in [0.2, 0.25) is 5.91 Å². The fraction of sp³-hybridized carbons (Fsp3) is 0.909. The van der Waals surface area contributed by atoms with Gasteiger partial charge in [-0.3, -0.25) is 9.69 Å².